The van der Waals surface area contributed by atoms with Crippen molar-refractivity contribution in [3.8, 4) is 0 Å². The molecule has 0 unspecified atom stereocenters. The standard InChI is InChI=1S/C18H20N4O4S/c1-13(23)22(12-15-4-2-3-7-19-15)9-8-20-27(25,26)16-5-6-17-14(10-16)11-18(24)21-17/h2-7,10,20H,8-9,11-12H2,1H3,(H,21,24). The van der Waals surface area contributed by atoms with Crippen LogP contribution in [-0.4, -0.2) is 43.2 Å². The van der Waals surface area contributed by atoms with E-state index in [0.29, 0.717) is 17.8 Å². The maximum Gasteiger partial charge on any atom is 0.240 e. The van der Waals surface area contributed by atoms with Crippen LogP contribution in [0.1, 0.15) is 18.2 Å². The minimum atomic E-state index is -3.74. The third-order valence-electron chi connectivity index (χ3n) is 4.21. The number of rotatable bonds is 7. The van der Waals surface area contributed by atoms with Crippen LogP contribution in [0.2, 0.25) is 0 Å². The van der Waals surface area contributed by atoms with Gasteiger partial charge in [-0.05, 0) is 35.9 Å². The number of nitrogens with zero attached hydrogens (tertiary/aromatic N) is 2. The van der Waals surface area contributed by atoms with Gasteiger partial charge < -0.3 is 10.2 Å². The normalized spacial score (nSPS) is 13.1. The average Bonchev–Trinajstić information content (AvgIpc) is 3.00. The molecule has 1 aromatic heterocycles. The van der Waals surface area contributed by atoms with Crippen molar-refractivity contribution in [2.75, 3.05) is 18.4 Å². The molecule has 2 heterocycles. The van der Waals surface area contributed by atoms with Crippen LogP contribution in [0.25, 0.3) is 0 Å². The zero-order valence-electron chi connectivity index (χ0n) is 14.8. The maximum atomic E-state index is 12.5. The first kappa shape index (κ1) is 19.0. The Balaban J connectivity index is 1.62. The quantitative estimate of drug-likeness (QED) is 0.733. The van der Waals surface area contributed by atoms with Gasteiger partial charge in [0.2, 0.25) is 21.8 Å². The van der Waals surface area contributed by atoms with Crippen molar-refractivity contribution in [3.63, 3.8) is 0 Å². The van der Waals surface area contributed by atoms with Gasteiger partial charge in [0.05, 0.1) is 23.6 Å². The monoisotopic (exact) mass is 388 g/mol. The molecule has 0 radical (unpaired) electrons. The van der Waals surface area contributed by atoms with Crippen molar-refractivity contribution in [2.45, 2.75) is 24.8 Å². The van der Waals surface area contributed by atoms with E-state index in [4.69, 9.17) is 0 Å². The summed E-state index contributed by atoms with van der Waals surface area (Å²) in [4.78, 5) is 29.0. The smallest absolute Gasteiger partial charge is 0.240 e. The van der Waals surface area contributed by atoms with Crippen LogP contribution in [-0.2, 0) is 32.6 Å². The molecular formula is C18H20N4O4S. The molecule has 2 aromatic rings. The number of hydrogen-bond acceptors (Lipinski definition) is 5. The maximum absolute atomic E-state index is 12.5. The Kier molecular flexibility index (Phi) is 5.52. The summed E-state index contributed by atoms with van der Waals surface area (Å²) in [5.74, 6) is -0.318. The number of aromatic nitrogens is 1. The number of sulfonamides is 1. The van der Waals surface area contributed by atoms with Gasteiger partial charge in [-0.3, -0.25) is 14.6 Å². The summed E-state index contributed by atoms with van der Waals surface area (Å²) in [7, 11) is -3.74. The number of carbonyl (C=O) groups is 2. The Bertz CT molecular complexity index is 961. The second-order valence-electron chi connectivity index (χ2n) is 6.20. The van der Waals surface area contributed by atoms with E-state index in [2.05, 4.69) is 15.0 Å². The molecular weight excluding hydrogens is 368 g/mol. The van der Waals surface area contributed by atoms with E-state index in [9.17, 15) is 18.0 Å². The van der Waals surface area contributed by atoms with Crippen molar-refractivity contribution >= 4 is 27.5 Å². The minimum Gasteiger partial charge on any atom is -0.336 e. The molecule has 142 valence electrons. The molecule has 2 amide bonds. The van der Waals surface area contributed by atoms with Gasteiger partial charge in [-0.25, -0.2) is 13.1 Å². The third kappa shape index (κ3) is 4.69. The largest absolute Gasteiger partial charge is 0.336 e. The van der Waals surface area contributed by atoms with Gasteiger partial charge in [0, 0.05) is 31.9 Å². The second-order valence-corrected chi connectivity index (χ2v) is 7.97. The highest BCUT2D eigenvalue weighted by Crippen LogP contribution is 2.25. The molecule has 0 aliphatic carbocycles. The van der Waals surface area contributed by atoms with Gasteiger partial charge in [0.25, 0.3) is 0 Å². The van der Waals surface area contributed by atoms with Crippen LogP contribution in [0, 0.1) is 0 Å². The number of carbonyl (C=O) groups excluding carboxylic acids is 2. The number of fused-ring (bicyclic) bond motifs is 1. The van der Waals surface area contributed by atoms with Crippen LogP contribution < -0.4 is 10.0 Å². The van der Waals surface area contributed by atoms with Crippen molar-refractivity contribution in [3.05, 3.63) is 53.9 Å². The number of nitrogens with one attached hydrogen (secondary N) is 2. The minimum absolute atomic E-state index is 0.0724. The highest BCUT2D eigenvalue weighted by molar-refractivity contribution is 7.89. The Morgan fingerprint density at radius 2 is 2.11 bits per heavy atom. The van der Waals surface area contributed by atoms with E-state index in [-0.39, 0.29) is 36.2 Å². The summed E-state index contributed by atoms with van der Waals surface area (Å²) in [5.41, 5.74) is 2.02. The van der Waals surface area contributed by atoms with Crippen LogP contribution in [0.5, 0.6) is 0 Å². The fourth-order valence-electron chi connectivity index (χ4n) is 2.81. The topological polar surface area (TPSA) is 108 Å². The summed E-state index contributed by atoms with van der Waals surface area (Å²) in [6.45, 7) is 2.03. The summed E-state index contributed by atoms with van der Waals surface area (Å²) >= 11 is 0. The number of anilines is 1. The summed E-state index contributed by atoms with van der Waals surface area (Å²) in [5, 5.41) is 2.67. The number of pyridine rings is 1. The first-order valence-electron chi connectivity index (χ1n) is 8.43. The van der Waals surface area contributed by atoms with E-state index in [1.807, 2.05) is 6.07 Å². The lowest BCUT2D eigenvalue weighted by atomic mass is 10.2. The molecule has 0 bridgehead atoms. The Hall–Kier alpha value is -2.78. The van der Waals surface area contributed by atoms with Crippen molar-refractivity contribution in [1.82, 2.24) is 14.6 Å². The predicted molar refractivity (Wildman–Crippen MR) is 99.3 cm³/mol. The number of benzene rings is 1. The van der Waals surface area contributed by atoms with Crippen molar-refractivity contribution < 1.29 is 18.0 Å². The molecule has 1 aromatic carbocycles. The lowest BCUT2D eigenvalue weighted by Gasteiger charge is -2.21. The van der Waals surface area contributed by atoms with Gasteiger partial charge >= 0.3 is 0 Å². The van der Waals surface area contributed by atoms with Crippen LogP contribution in [0.3, 0.4) is 0 Å². The van der Waals surface area contributed by atoms with Gasteiger partial charge in [0.15, 0.2) is 0 Å². The average molecular weight is 388 g/mol. The van der Waals surface area contributed by atoms with Crippen LogP contribution in [0.4, 0.5) is 5.69 Å². The molecule has 3 rings (SSSR count). The van der Waals surface area contributed by atoms with Crippen LogP contribution in [0.15, 0.2) is 47.5 Å². The molecule has 0 saturated heterocycles. The molecule has 9 heteroatoms. The second kappa shape index (κ2) is 7.85. The lowest BCUT2D eigenvalue weighted by molar-refractivity contribution is -0.129. The summed E-state index contributed by atoms with van der Waals surface area (Å²) in [6.07, 6.45) is 1.81. The van der Waals surface area contributed by atoms with Crippen molar-refractivity contribution in [1.29, 1.82) is 0 Å². The SMILES string of the molecule is CC(=O)N(CCNS(=O)(=O)c1ccc2c(c1)CC(=O)N2)Cc1ccccn1. The predicted octanol–water partition coefficient (Wildman–Crippen LogP) is 0.903. The number of amides is 2. The van der Waals surface area contributed by atoms with Gasteiger partial charge in [-0.15, -0.1) is 0 Å². The third-order valence-corrected chi connectivity index (χ3v) is 5.67. The Morgan fingerprint density at radius 3 is 2.81 bits per heavy atom. The fraction of sp³-hybridized carbons (Fsp3) is 0.278. The van der Waals surface area contributed by atoms with Gasteiger partial charge in [0.1, 0.15) is 0 Å². The first-order valence-corrected chi connectivity index (χ1v) is 9.91. The van der Waals surface area contributed by atoms with E-state index in [1.54, 1.807) is 24.4 Å². The summed E-state index contributed by atoms with van der Waals surface area (Å²) < 4.78 is 27.5. The molecule has 27 heavy (non-hydrogen) atoms. The zero-order chi connectivity index (χ0) is 19.4. The molecule has 0 spiro atoms. The molecule has 2 N–H and O–H groups in total. The van der Waals surface area contributed by atoms with Crippen LogP contribution >= 0.6 is 0 Å². The zero-order valence-corrected chi connectivity index (χ0v) is 15.6. The highest BCUT2D eigenvalue weighted by Gasteiger charge is 2.22. The molecule has 1 aliphatic rings. The number of hydrogen-bond donors (Lipinski definition) is 2. The highest BCUT2D eigenvalue weighted by atomic mass is 32.2. The van der Waals surface area contributed by atoms with E-state index < -0.39 is 10.0 Å². The lowest BCUT2D eigenvalue weighted by Crippen LogP contribution is -2.37. The van der Waals surface area contributed by atoms with E-state index in [0.717, 1.165) is 5.69 Å². The molecule has 0 fully saturated rings. The first-order chi connectivity index (χ1) is 12.8. The Morgan fingerprint density at radius 1 is 1.30 bits per heavy atom. The van der Waals surface area contributed by atoms with Gasteiger partial charge in [-0.2, -0.15) is 0 Å². The molecule has 0 saturated carbocycles. The van der Waals surface area contributed by atoms with E-state index in [1.165, 1.54) is 24.0 Å². The Labute approximate surface area is 157 Å². The van der Waals surface area contributed by atoms with Crippen molar-refractivity contribution in [2.24, 2.45) is 0 Å². The van der Waals surface area contributed by atoms with E-state index >= 15 is 0 Å². The summed E-state index contributed by atoms with van der Waals surface area (Å²) in [6, 6.07) is 9.94. The fourth-order valence-corrected chi connectivity index (χ4v) is 3.88. The van der Waals surface area contributed by atoms with Gasteiger partial charge in [-0.1, -0.05) is 6.07 Å². The molecule has 1 aliphatic heterocycles. The molecule has 0 atom stereocenters. The molecule has 8 nitrogen and oxygen atoms in total.